The van der Waals surface area contributed by atoms with E-state index in [9.17, 15) is 26.7 Å². The van der Waals surface area contributed by atoms with Crippen LogP contribution in [-0.4, -0.2) is 17.6 Å². The molecular formula is C10H7ClF5NO2. The topological polar surface area (TPSA) is 39.2 Å². The van der Waals surface area contributed by atoms with Crippen molar-refractivity contribution in [3.05, 3.63) is 28.0 Å². The maximum atomic E-state index is 12.8. The van der Waals surface area contributed by atoms with Crippen LogP contribution in [0.25, 0.3) is 0 Å². The third-order valence-corrected chi connectivity index (χ3v) is 2.45. The summed E-state index contributed by atoms with van der Waals surface area (Å²) < 4.78 is 67.4. The minimum Gasteiger partial charge on any atom is -0.461 e. The van der Waals surface area contributed by atoms with Crippen LogP contribution in [0, 0.1) is 0 Å². The smallest absolute Gasteiger partial charge is 0.419 e. The second kappa shape index (κ2) is 5.68. The highest BCUT2D eigenvalue weighted by molar-refractivity contribution is 6.32. The average Bonchev–Trinajstić information content (AvgIpc) is 2.26. The summed E-state index contributed by atoms with van der Waals surface area (Å²) in [6.07, 6.45) is -8.11. The van der Waals surface area contributed by atoms with Crippen molar-refractivity contribution in [1.29, 1.82) is 0 Å². The monoisotopic (exact) mass is 303 g/mol. The van der Waals surface area contributed by atoms with E-state index >= 15 is 0 Å². The maximum Gasteiger partial charge on any atom is 0.419 e. The molecule has 9 heteroatoms. The Morgan fingerprint density at radius 1 is 1.47 bits per heavy atom. The Hall–Kier alpha value is -1.44. The van der Waals surface area contributed by atoms with Crippen LogP contribution < -0.4 is 0 Å². The van der Waals surface area contributed by atoms with Gasteiger partial charge < -0.3 is 4.74 Å². The molecule has 0 radical (unpaired) electrons. The molecule has 0 atom stereocenters. The summed E-state index contributed by atoms with van der Waals surface area (Å²) in [7, 11) is 0. The molecule has 0 aromatic carbocycles. The third kappa shape index (κ3) is 3.31. The molecule has 0 saturated carbocycles. The lowest BCUT2D eigenvalue weighted by atomic mass is 10.1. The van der Waals surface area contributed by atoms with Crippen LogP contribution in [0.15, 0.2) is 6.20 Å². The van der Waals surface area contributed by atoms with E-state index in [2.05, 4.69) is 9.72 Å². The van der Waals surface area contributed by atoms with Gasteiger partial charge in [0.05, 0.1) is 22.8 Å². The Balaban J connectivity index is 3.45. The van der Waals surface area contributed by atoms with Crippen LogP contribution in [0.3, 0.4) is 0 Å². The van der Waals surface area contributed by atoms with E-state index in [0.29, 0.717) is 0 Å². The van der Waals surface area contributed by atoms with Gasteiger partial charge in [0.2, 0.25) is 0 Å². The molecule has 1 aromatic heterocycles. The summed E-state index contributed by atoms with van der Waals surface area (Å²) in [6, 6.07) is 0. The predicted molar refractivity (Wildman–Crippen MR) is 55.2 cm³/mol. The Morgan fingerprint density at radius 3 is 2.47 bits per heavy atom. The number of nitrogens with zero attached hydrogens (tertiary/aromatic N) is 1. The first-order chi connectivity index (χ1) is 8.70. The normalized spacial score (nSPS) is 11.8. The minimum atomic E-state index is -4.94. The van der Waals surface area contributed by atoms with Gasteiger partial charge in [-0.2, -0.15) is 13.2 Å². The number of pyridine rings is 1. The Kier molecular flexibility index (Phi) is 4.67. The molecule has 0 fully saturated rings. The zero-order valence-corrected chi connectivity index (χ0v) is 10.1. The molecule has 0 unspecified atom stereocenters. The van der Waals surface area contributed by atoms with E-state index in [1.165, 1.54) is 6.92 Å². The fourth-order valence-corrected chi connectivity index (χ4v) is 1.59. The van der Waals surface area contributed by atoms with Crippen molar-refractivity contribution in [2.24, 2.45) is 0 Å². The minimum absolute atomic E-state index is 0.137. The lowest BCUT2D eigenvalue weighted by Crippen LogP contribution is -2.15. The summed E-state index contributed by atoms with van der Waals surface area (Å²) in [5, 5.41) is -1.25. The van der Waals surface area contributed by atoms with E-state index in [1.807, 2.05) is 0 Å². The maximum absolute atomic E-state index is 12.8. The van der Waals surface area contributed by atoms with Crippen molar-refractivity contribution in [1.82, 2.24) is 4.98 Å². The SMILES string of the molecule is CCOC(=O)c1ncc(C(F)(F)F)c(Cl)c1C(F)F. The zero-order valence-electron chi connectivity index (χ0n) is 9.39. The summed E-state index contributed by atoms with van der Waals surface area (Å²) in [5.74, 6) is -1.26. The molecule has 0 aliphatic heterocycles. The van der Waals surface area contributed by atoms with Gasteiger partial charge in [0, 0.05) is 6.20 Å². The third-order valence-electron chi connectivity index (χ3n) is 2.04. The van der Waals surface area contributed by atoms with Crippen molar-refractivity contribution >= 4 is 17.6 Å². The Morgan fingerprint density at radius 2 is 2.05 bits per heavy atom. The van der Waals surface area contributed by atoms with E-state index in [4.69, 9.17) is 11.6 Å². The lowest BCUT2D eigenvalue weighted by molar-refractivity contribution is -0.137. The van der Waals surface area contributed by atoms with Crippen LogP contribution in [0.5, 0.6) is 0 Å². The number of ether oxygens (including phenoxy) is 1. The molecule has 0 aliphatic rings. The number of rotatable bonds is 3. The molecule has 0 saturated heterocycles. The molecule has 0 spiro atoms. The quantitative estimate of drug-likeness (QED) is 0.628. The molecule has 0 amide bonds. The van der Waals surface area contributed by atoms with Gasteiger partial charge in [-0.3, -0.25) is 0 Å². The molecule has 106 valence electrons. The summed E-state index contributed by atoms with van der Waals surface area (Å²) in [4.78, 5) is 14.4. The first kappa shape index (κ1) is 15.6. The fraction of sp³-hybridized carbons (Fsp3) is 0.400. The van der Waals surface area contributed by atoms with Gasteiger partial charge in [0.25, 0.3) is 6.43 Å². The second-order valence-corrected chi connectivity index (χ2v) is 3.65. The largest absolute Gasteiger partial charge is 0.461 e. The first-order valence-corrected chi connectivity index (χ1v) is 5.28. The zero-order chi connectivity index (χ0) is 14.8. The highest BCUT2D eigenvalue weighted by atomic mass is 35.5. The van der Waals surface area contributed by atoms with Gasteiger partial charge in [-0.25, -0.2) is 18.6 Å². The number of alkyl halides is 5. The molecule has 1 heterocycles. The van der Waals surface area contributed by atoms with Gasteiger partial charge in [0.1, 0.15) is 0 Å². The number of esters is 1. The molecule has 1 aromatic rings. The summed E-state index contributed by atoms with van der Waals surface area (Å²) in [6.45, 7) is 1.27. The van der Waals surface area contributed by atoms with E-state index in [0.717, 1.165) is 0 Å². The van der Waals surface area contributed by atoms with Crippen LogP contribution in [0.4, 0.5) is 22.0 Å². The summed E-state index contributed by atoms with van der Waals surface area (Å²) in [5.41, 5.74) is -3.73. The number of carbonyl (C=O) groups is 1. The highest BCUT2D eigenvalue weighted by Crippen LogP contribution is 2.39. The second-order valence-electron chi connectivity index (χ2n) is 3.27. The van der Waals surface area contributed by atoms with E-state index in [-0.39, 0.29) is 12.8 Å². The van der Waals surface area contributed by atoms with Gasteiger partial charge in [0.15, 0.2) is 5.69 Å². The number of aromatic nitrogens is 1. The molecule has 0 bridgehead atoms. The Bertz CT molecular complexity index is 490. The van der Waals surface area contributed by atoms with Crippen LogP contribution in [0.1, 0.15) is 35.0 Å². The van der Waals surface area contributed by atoms with Gasteiger partial charge in [-0.05, 0) is 6.92 Å². The Labute approximate surface area is 109 Å². The van der Waals surface area contributed by atoms with Crippen molar-refractivity contribution in [3.8, 4) is 0 Å². The summed E-state index contributed by atoms with van der Waals surface area (Å²) >= 11 is 5.29. The van der Waals surface area contributed by atoms with Crippen LogP contribution >= 0.6 is 11.6 Å². The van der Waals surface area contributed by atoms with Crippen molar-refractivity contribution in [2.45, 2.75) is 19.5 Å². The lowest BCUT2D eigenvalue weighted by Gasteiger charge is -2.14. The molecule has 3 nitrogen and oxygen atoms in total. The number of hydrogen-bond acceptors (Lipinski definition) is 3. The molecule has 1 rings (SSSR count). The van der Waals surface area contributed by atoms with Gasteiger partial charge >= 0.3 is 12.1 Å². The number of hydrogen-bond donors (Lipinski definition) is 0. The van der Waals surface area contributed by atoms with E-state index < -0.39 is 40.4 Å². The molecule has 19 heavy (non-hydrogen) atoms. The standard InChI is InChI=1S/C10H7ClF5NO2/c1-2-19-9(18)7-5(8(12)13)6(11)4(3-17-7)10(14,15)16/h3,8H,2H2,1H3. The predicted octanol–water partition coefficient (Wildman–Crippen LogP) is 3.87. The molecule has 0 aliphatic carbocycles. The fourth-order valence-electron chi connectivity index (χ4n) is 1.26. The van der Waals surface area contributed by atoms with E-state index in [1.54, 1.807) is 0 Å². The average molecular weight is 304 g/mol. The van der Waals surface area contributed by atoms with Gasteiger partial charge in [-0.1, -0.05) is 11.6 Å². The number of halogens is 6. The highest BCUT2D eigenvalue weighted by Gasteiger charge is 2.38. The van der Waals surface area contributed by atoms with Crippen molar-refractivity contribution in [3.63, 3.8) is 0 Å². The molecular weight excluding hydrogens is 297 g/mol. The van der Waals surface area contributed by atoms with Crippen molar-refractivity contribution < 1.29 is 31.5 Å². The van der Waals surface area contributed by atoms with Crippen molar-refractivity contribution in [2.75, 3.05) is 6.61 Å². The number of carbonyl (C=O) groups excluding carboxylic acids is 1. The van der Waals surface area contributed by atoms with Crippen LogP contribution in [0.2, 0.25) is 5.02 Å². The first-order valence-electron chi connectivity index (χ1n) is 4.91. The molecule has 0 N–H and O–H groups in total. The van der Waals surface area contributed by atoms with Crippen LogP contribution in [-0.2, 0) is 10.9 Å². The van der Waals surface area contributed by atoms with Gasteiger partial charge in [-0.15, -0.1) is 0 Å².